The van der Waals surface area contributed by atoms with E-state index >= 15 is 0 Å². The fourth-order valence-electron chi connectivity index (χ4n) is 0.542. The number of hydrogen-bond donors (Lipinski definition) is 0. The van der Waals surface area contributed by atoms with Crippen molar-refractivity contribution in [3.8, 4) is 0 Å². The molecule has 0 heterocycles. The van der Waals surface area contributed by atoms with Crippen LogP contribution in [0.4, 0.5) is 0 Å². The van der Waals surface area contributed by atoms with Gasteiger partial charge in [-0.2, -0.15) is 0 Å². The minimum absolute atomic E-state index is 0.0798. The molecule has 0 N–H and O–H groups in total. The summed E-state index contributed by atoms with van der Waals surface area (Å²) in [4.78, 5) is 0. The lowest BCUT2D eigenvalue weighted by atomic mass is 10.5. The van der Waals surface area contributed by atoms with Gasteiger partial charge in [-0.1, -0.05) is 6.08 Å². The summed E-state index contributed by atoms with van der Waals surface area (Å²) >= 11 is 0. The van der Waals surface area contributed by atoms with Crippen molar-refractivity contribution in [3.05, 3.63) is 12.7 Å². The lowest BCUT2D eigenvalue weighted by Crippen LogP contribution is -1.95. The standard InChI is InChI=1S/C7H15O2P/c1-4-5-6-10(8)9-7(2)3/h4,7,10H,1,5-6H2,2-3H3. The maximum absolute atomic E-state index is 10.9. The molecule has 60 valence electrons. The predicted octanol–water partition coefficient (Wildman–Crippen LogP) is 2.46. The van der Waals surface area contributed by atoms with Crippen molar-refractivity contribution >= 4 is 8.03 Å². The third-order valence-electron chi connectivity index (χ3n) is 0.920. The van der Waals surface area contributed by atoms with Crippen molar-refractivity contribution in [2.45, 2.75) is 26.4 Å². The third-order valence-corrected chi connectivity index (χ3v) is 2.35. The van der Waals surface area contributed by atoms with Crippen LogP contribution in [0, 0.1) is 0 Å². The minimum atomic E-state index is -1.77. The zero-order chi connectivity index (χ0) is 7.98. The first-order valence-electron chi connectivity index (χ1n) is 3.47. The van der Waals surface area contributed by atoms with Crippen molar-refractivity contribution in [1.82, 2.24) is 0 Å². The van der Waals surface area contributed by atoms with E-state index in [9.17, 15) is 4.57 Å². The van der Waals surface area contributed by atoms with Gasteiger partial charge in [-0.05, 0) is 20.3 Å². The molecule has 3 heteroatoms. The van der Waals surface area contributed by atoms with Crippen LogP contribution in [-0.4, -0.2) is 12.3 Å². The second kappa shape index (κ2) is 5.70. The highest BCUT2D eigenvalue weighted by Crippen LogP contribution is 2.24. The van der Waals surface area contributed by atoms with Crippen molar-refractivity contribution in [2.75, 3.05) is 6.16 Å². The Kier molecular flexibility index (Phi) is 5.66. The first-order valence-corrected chi connectivity index (χ1v) is 4.99. The first kappa shape index (κ1) is 9.93. The van der Waals surface area contributed by atoms with Crippen molar-refractivity contribution in [3.63, 3.8) is 0 Å². The summed E-state index contributed by atoms with van der Waals surface area (Å²) in [5.41, 5.74) is 0. The monoisotopic (exact) mass is 162 g/mol. The van der Waals surface area contributed by atoms with E-state index in [1.807, 2.05) is 13.8 Å². The van der Waals surface area contributed by atoms with Gasteiger partial charge < -0.3 is 4.52 Å². The molecule has 0 fully saturated rings. The summed E-state index contributed by atoms with van der Waals surface area (Å²) in [5.74, 6) is 0. The highest BCUT2D eigenvalue weighted by atomic mass is 31.1. The Labute approximate surface area is 63.1 Å². The molecule has 0 saturated heterocycles. The smallest absolute Gasteiger partial charge is 0.192 e. The van der Waals surface area contributed by atoms with Crippen LogP contribution >= 0.6 is 8.03 Å². The Morgan fingerprint density at radius 1 is 1.70 bits per heavy atom. The van der Waals surface area contributed by atoms with Gasteiger partial charge in [0.05, 0.1) is 6.10 Å². The molecule has 0 bridgehead atoms. The zero-order valence-electron chi connectivity index (χ0n) is 6.59. The van der Waals surface area contributed by atoms with Crippen LogP contribution in [0.2, 0.25) is 0 Å². The van der Waals surface area contributed by atoms with Gasteiger partial charge in [0.15, 0.2) is 8.03 Å². The van der Waals surface area contributed by atoms with Crippen molar-refractivity contribution in [1.29, 1.82) is 0 Å². The molecule has 2 nitrogen and oxygen atoms in total. The third kappa shape index (κ3) is 6.06. The van der Waals surface area contributed by atoms with E-state index in [1.165, 1.54) is 0 Å². The summed E-state index contributed by atoms with van der Waals surface area (Å²) in [6, 6.07) is 0. The molecule has 0 saturated carbocycles. The molecular formula is C7H15O2P. The Bertz CT molecular complexity index is 121. The van der Waals surface area contributed by atoms with Crippen LogP contribution in [0.15, 0.2) is 12.7 Å². The maximum atomic E-state index is 10.9. The highest BCUT2D eigenvalue weighted by molar-refractivity contribution is 7.39. The van der Waals surface area contributed by atoms with E-state index in [-0.39, 0.29) is 6.10 Å². The van der Waals surface area contributed by atoms with Gasteiger partial charge in [0.2, 0.25) is 0 Å². The fourth-order valence-corrected chi connectivity index (χ4v) is 1.63. The largest absolute Gasteiger partial charge is 0.328 e. The van der Waals surface area contributed by atoms with E-state index in [2.05, 4.69) is 6.58 Å². The average molecular weight is 162 g/mol. The molecular weight excluding hydrogens is 147 g/mol. The van der Waals surface area contributed by atoms with Crippen LogP contribution in [0.1, 0.15) is 20.3 Å². The van der Waals surface area contributed by atoms with Crippen molar-refractivity contribution in [2.24, 2.45) is 0 Å². The Morgan fingerprint density at radius 2 is 2.30 bits per heavy atom. The summed E-state index contributed by atoms with van der Waals surface area (Å²) < 4.78 is 16.0. The second-order valence-electron chi connectivity index (χ2n) is 2.37. The molecule has 0 aromatic heterocycles. The number of rotatable bonds is 5. The molecule has 1 atom stereocenters. The van der Waals surface area contributed by atoms with Gasteiger partial charge in [0.1, 0.15) is 0 Å². The van der Waals surface area contributed by atoms with Crippen LogP contribution in [0.5, 0.6) is 0 Å². The Hall–Kier alpha value is -0.0700. The lowest BCUT2D eigenvalue weighted by molar-refractivity contribution is 0.256. The molecule has 0 aliphatic heterocycles. The van der Waals surface area contributed by atoms with Gasteiger partial charge in [0.25, 0.3) is 0 Å². The summed E-state index contributed by atoms with van der Waals surface area (Å²) in [5, 5.41) is 0. The molecule has 0 radical (unpaired) electrons. The molecule has 0 aromatic rings. The van der Waals surface area contributed by atoms with E-state index < -0.39 is 8.03 Å². The predicted molar refractivity (Wildman–Crippen MR) is 44.9 cm³/mol. The molecule has 0 amide bonds. The molecule has 0 aliphatic carbocycles. The quantitative estimate of drug-likeness (QED) is 0.458. The molecule has 0 rings (SSSR count). The number of hydrogen-bond acceptors (Lipinski definition) is 2. The minimum Gasteiger partial charge on any atom is -0.328 e. The summed E-state index contributed by atoms with van der Waals surface area (Å²) in [6.07, 6.45) is 3.25. The van der Waals surface area contributed by atoms with E-state index in [0.29, 0.717) is 6.16 Å². The van der Waals surface area contributed by atoms with Crippen LogP contribution in [0.25, 0.3) is 0 Å². The Morgan fingerprint density at radius 3 is 2.70 bits per heavy atom. The summed E-state index contributed by atoms with van der Waals surface area (Å²) in [6.45, 7) is 7.30. The Balaban J connectivity index is 3.34. The normalized spacial score (nSPS) is 13.5. The van der Waals surface area contributed by atoms with Crippen LogP contribution < -0.4 is 0 Å². The molecule has 10 heavy (non-hydrogen) atoms. The van der Waals surface area contributed by atoms with E-state index in [1.54, 1.807) is 6.08 Å². The topological polar surface area (TPSA) is 26.3 Å². The first-order chi connectivity index (χ1) is 4.66. The van der Waals surface area contributed by atoms with Crippen molar-refractivity contribution < 1.29 is 9.09 Å². The second-order valence-corrected chi connectivity index (χ2v) is 3.85. The SMILES string of the molecule is C=CCC[PH](=O)OC(C)C. The molecule has 0 spiro atoms. The number of allylic oxidation sites excluding steroid dienone is 1. The highest BCUT2D eigenvalue weighted by Gasteiger charge is 1.99. The summed E-state index contributed by atoms with van der Waals surface area (Å²) in [7, 11) is -1.77. The van der Waals surface area contributed by atoms with Gasteiger partial charge in [-0.25, -0.2) is 0 Å². The van der Waals surface area contributed by atoms with Gasteiger partial charge in [-0.3, -0.25) is 4.57 Å². The van der Waals surface area contributed by atoms with Crippen LogP contribution in [0.3, 0.4) is 0 Å². The van der Waals surface area contributed by atoms with Gasteiger partial charge >= 0.3 is 0 Å². The van der Waals surface area contributed by atoms with E-state index in [4.69, 9.17) is 4.52 Å². The zero-order valence-corrected chi connectivity index (χ0v) is 7.59. The molecule has 0 aliphatic rings. The lowest BCUT2D eigenvalue weighted by Gasteiger charge is -2.05. The molecule has 0 aromatic carbocycles. The fraction of sp³-hybridized carbons (Fsp3) is 0.714. The molecule has 1 unspecified atom stereocenters. The average Bonchev–Trinajstić information content (AvgIpc) is 1.82. The van der Waals surface area contributed by atoms with Gasteiger partial charge in [0, 0.05) is 6.16 Å². The van der Waals surface area contributed by atoms with Gasteiger partial charge in [-0.15, -0.1) is 6.58 Å². The van der Waals surface area contributed by atoms with E-state index in [0.717, 1.165) is 6.42 Å². The maximum Gasteiger partial charge on any atom is 0.192 e. The van der Waals surface area contributed by atoms with Crippen LogP contribution in [-0.2, 0) is 9.09 Å².